The Bertz CT molecular complexity index is 202. The van der Waals surface area contributed by atoms with Gasteiger partial charge in [-0.25, -0.2) is 0 Å². The quantitative estimate of drug-likeness (QED) is 0.680. The van der Waals surface area contributed by atoms with E-state index in [0.717, 1.165) is 0 Å². The van der Waals surface area contributed by atoms with Crippen LogP contribution in [0.4, 0.5) is 0 Å². The van der Waals surface area contributed by atoms with E-state index < -0.39 is 0 Å². The summed E-state index contributed by atoms with van der Waals surface area (Å²) >= 11 is 0. The lowest BCUT2D eigenvalue weighted by molar-refractivity contribution is 0.101. The maximum atomic E-state index is 2.45. The lowest BCUT2D eigenvalue weighted by atomic mass is 9.67. The van der Waals surface area contributed by atoms with Crippen molar-refractivity contribution >= 4 is 0 Å². The fraction of sp³-hybridized carbons (Fsp3) is 1.00. The van der Waals surface area contributed by atoms with Crippen LogP contribution in [0.1, 0.15) is 68.2 Å². The molecular formula is C15H33N. The highest BCUT2D eigenvalue weighted by atomic mass is 15.1. The van der Waals surface area contributed by atoms with E-state index in [0.29, 0.717) is 16.4 Å². The topological polar surface area (TPSA) is 3.24 Å². The Labute approximate surface area is 104 Å². The van der Waals surface area contributed by atoms with Gasteiger partial charge in [0.2, 0.25) is 0 Å². The second kappa shape index (κ2) is 5.08. The first-order chi connectivity index (χ1) is 6.88. The Kier molecular flexibility index (Phi) is 5.07. The van der Waals surface area contributed by atoms with E-state index in [2.05, 4.69) is 67.3 Å². The summed E-state index contributed by atoms with van der Waals surface area (Å²) in [6, 6.07) is 0. The first-order valence-electron chi connectivity index (χ1n) is 6.59. The molecule has 0 bridgehead atoms. The van der Waals surface area contributed by atoms with Crippen molar-refractivity contribution in [1.82, 2.24) is 4.90 Å². The van der Waals surface area contributed by atoms with E-state index in [1.165, 1.54) is 19.4 Å². The Morgan fingerprint density at radius 2 is 1.25 bits per heavy atom. The molecule has 0 saturated heterocycles. The van der Waals surface area contributed by atoms with Gasteiger partial charge in [0, 0.05) is 5.54 Å². The molecule has 0 unspecified atom stereocenters. The van der Waals surface area contributed by atoms with Crippen LogP contribution in [0.2, 0.25) is 0 Å². The molecule has 0 aromatic heterocycles. The normalized spacial score (nSPS) is 14.6. The molecule has 1 heteroatoms. The van der Waals surface area contributed by atoms with Crippen molar-refractivity contribution in [1.29, 1.82) is 0 Å². The van der Waals surface area contributed by atoms with E-state index in [9.17, 15) is 0 Å². The Morgan fingerprint density at radius 3 is 1.56 bits per heavy atom. The maximum absolute atomic E-state index is 2.45. The van der Waals surface area contributed by atoms with Gasteiger partial charge in [-0.3, -0.25) is 0 Å². The van der Waals surface area contributed by atoms with Crippen molar-refractivity contribution in [3.05, 3.63) is 0 Å². The Morgan fingerprint density at radius 1 is 0.812 bits per heavy atom. The van der Waals surface area contributed by atoms with Crippen molar-refractivity contribution in [2.24, 2.45) is 10.8 Å². The zero-order valence-corrected chi connectivity index (χ0v) is 13.1. The van der Waals surface area contributed by atoms with Crippen molar-refractivity contribution in [3.63, 3.8) is 0 Å². The third-order valence-electron chi connectivity index (χ3n) is 4.47. The second-order valence-electron chi connectivity index (χ2n) is 7.83. The maximum Gasteiger partial charge on any atom is 0.0122 e. The summed E-state index contributed by atoms with van der Waals surface area (Å²) in [5.74, 6) is 0. The van der Waals surface area contributed by atoms with Crippen molar-refractivity contribution in [3.8, 4) is 0 Å². The molecule has 0 saturated carbocycles. The minimum atomic E-state index is 0.297. The van der Waals surface area contributed by atoms with Crippen molar-refractivity contribution in [2.45, 2.75) is 73.8 Å². The Hall–Kier alpha value is -0.0400. The van der Waals surface area contributed by atoms with Gasteiger partial charge in [0.15, 0.2) is 0 Å². The van der Waals surface area contributed by atoms with Crippen LogP contribution in [0.25, 0.3) is 0 Å². The average molecular weight is 227 g/mol. The van der Waals surface area contributed by atoms with E-state index in [-0.39, 0.29) is 0 Å². The first kappa shape index (κ1) is 16.0. The molecule has 16 heavy (non-hydrogen) atoms. The van der Waals surface area contributed by atoms with Crippen LogP contribution >= 0.6 is 0 Å². The third kappa shape index (κ3) is 4.86. The minimum absolute atomic E-state index is 0.297. The van der Waals surface area contributed by atoms with E-state index in [4.69, 9.17) is 0 Å². The second-order valence-corrected chi connectivity index (χ2v) is 7.83. The van der Waals surface area contributed by atoms with Crippen LogP contribution in [-0.2, 0) is 0 Å². The van der Waals surface area contributed by atoms with Gasteiger partial charge in [-0.1, -0.05) is 34.6 Å². The molecule has 0 rings (SSSR count). The highest BCUT2D eigenvalue weighted by Crippen LogP contribution is 2.41. The molecule has 0 aliphatic heterocycles. The molecule has 0 aliphatic carbocycles. The highest BCUT2D eigenvalue weighted by molar-refractivity contribution is 4.83. The molecule has 0 aliphatic rings. The summed E-state index contributed by atoms with van der Waals surface area (Å²) in [6.45, 7) is 19.9. The summed E-state index contributed by atoms with van der Waals surface area (Å²) in [6.07, 6.45) is 2.59. The van der Waals surface area contributed by atoms with Gasteiger partial charge in [-0.05, 0) is 58.0 Å². The summed E-state index contributed by atoms with van der Waals surface area (Å²) in [5, 5.41) is 0. The number of rotatable bonds is 4. The van der Waals surface area contributed by atoms with Gasteiger partial charge in [-0.2, -0.15) is 0 Å². The molecular weight excluding hydrogens is 194 g/mol. The molecule has 0 spiro atoms. The predicted octanol–water partition coefficient (Wildman–Crippen LogP) is 4.57. The van der Waals surface area contributed by atoms with Crippen LogP contribution in [0, 0.1) is 10.8 Å². The van der Waals surface area contributed by atoms with E-state index in [1.54, 1.807) is 0 Å². The van der Waals surface area contributed by atoms with E-state index in [1.807, 2.05) is 0 Å². The van der Waals surface area contributed by atoms with Gasteiger partial charge < -0.3 is 4.90 Å². The Balaban J connectivity index is 4.10. The van der Waals surface area contributed by atoms with Crippen LogP contribution < -0.4 is 0 Å². The molecule has 0 aromatic carbocycles. The SMILES string of the molecule is CN(CCCC(C)(C)C(C)(C)C)C(C)(C)C. The largest absolute Gasteiger partial charge is 0.302 e. The number of nitrogens with zero attached hydrogens (tertiary/aromatic N) is 1. The lowest BCUT2D eigenvalue weighted by Gasteiger charge is -2.40. The summed E-state index contributed by atoms with van der Waals surface area (Å²) in [4.78, 5) is 2.45. The smallest absolute Gasteiger partial charge is 0.0122 e. The fourth-order valence-corrected chi connectivity index (χ4v) is 1.47. The summed E-state index contributed by atoms with van der Waals surface area (Å²) in [7, 11) is 2.23. The summed E-state index contributed by atoms with van der Waals surface area (Å²) in [5.41, 5.74) is 1.12. The van der Waals surface area contributed by atoms with E-state index >= 15 is 0 Å². The standard InChI is InChI=1S/C15H33N/c1-13(2,3)15(7,8)11-10-12-16(9)14(4,5)6/h10-12H2,1-9H3. The van der Waals surface area contributed by atoms with Crippen LogP contribution in [0.3, 0.4) is 0 Å². The molecule has 0 aromatic rings. The van der Waals surface area contributed by atoms with Crippen molar-refractivity contribution in [2.75, 3.05) is 13.6 Å². The molecule has 0 atom stereocenters. The minimum Gasteiger partial charge on any atom is -0.302 e. The van der Waals surface area contributed by atoms with Gasteiger partial charge in [0.05, 0.1) is 0 Å². The monoisotopic (exact) mass is 227 g/mol. The predicted molar refractivity (Wildman–Crippen MR) is 74.9 cm³/mol. The molecule has 0 radical (unpaired) electrons. The van der Waals surface area contributed by atoms with Crippen molar-refractivity contribution < 1.29 is 0 Å². The van der Waals surface area contributed by atoms with Gasteiger partial charge in [0.1, 0.15) is 0 Å². The summed E-state index contributed by atoms with van der Waals surface area (Å²) < 4.78 is 0. The van der Waals surface area contributed by atoms with Crippen LogP contribution in [0.15, 0.2) is 0 Å². The lowest BCUT2D eigenvalue weighted by Crippen LogP contribution is -2.39. The molecule has 1 nitrogen and oxygen atoms in total. The average Bonchev–Trinajstić information content (AvgIpc) is 1.99. The zero-order chi connectivity index (χ0) is 13.2. The highest BCUT2D eigenvalue weighted by Gasteiger charge is 2.32. The van der Waals surface area contributed by atoms with Gasteiger partial charge in [-0.15, -0.1) is 0 Å². The number of hydrogen-bond donors (Lipinski definition) is 0. The molecule has 98 valence electrons. The van der Waals surface area contributed by atoms with Crippen LogP contribution in [0.5, 0.6) is 0 Å². The van der Waals surface area contributed by atoms with Crippen LogP contribution in [-0.4, -0.2) is 24.0 Å². The fourth-order valence-electron chi connectivity index (χ4n) is 1.47. The molecule has 0 fully saturated rings. The molecule has 0 amide bonds. The number of hydrogen-bond acceptors (Lipinski definition) is 1. The van der Waals surface area contributed by atoms with Gasteiger partial charge in [0.25, 0.3) is 0 Å². The third-order valence-corrected chi connectivity index (χ3v) is 4.47. The van der Waals surface area contributed by atoms with Gasteiger partial charge >= 0.3 is 0 Å². The first-order valence-corrected chi connectivity index (χ1v) is 6.59. The molecule has 0 N–H and O–H groups in total. The molecule has 0 heterocycles. The zero-order valence-electron chi connectivity index (χ0n) is 13.1.